The Kier molecular flexibility index (Phi) is 8.52. The van der Waals surface area contributed by atoms with E-state index in [1.807, 2.05) is 76.2 Å². The van der Waals surface area contributed by atoms with Gasteiger partial charge in [-0.2, -0.15) is 0 Å². The van der Waals surface area contributed by atoms with Crippen LogP contribution in [0.5, 0.6) is 5.75 Å². The molecule has 0 unspecified atom stereocenters. The van der Waals surface area contributed by atoms with Crippen molar-refractivity contribution in [3.8, 4) is 5.75 Å². The molecule has 0 atom stereocenters. The molecule has 0 radical (unpaired) electrons. The Morgan fingerprint density at radius 2 is 1.48 bits per heavy atom. The van der Waals surface area contributed by atoms with Crippen molar-refractivity contribution >= 4 is 23.2 Å². The van der Waals surface area contributed by atoms with Crippen LogP contribution in [0.15, 0.2) is 48.5 Å². The highest BCUT2D eigenvalue weighted by Crippen LogP contribution is 2.15. The van der Waals surface area contributed by atoms with E-state index in [0.717, 1.165) is 22.7 Å². The molecule has 2 amide bonds. The third-order valence-corrected chi connectivity index (χ3v) is 4.00. The highest BCUT2D eigenvalue weighted by Gasteiger charge is 2.06. The lowest BCUT2D eigenvalue weighted by Gasteiger charge is -2.11. The van der Waals surface area contributed by atoms with Crippen LogP contribution >= 0.6 is 0 Å². The molecule has 2 rings (SSSR count). The van der Waals surface area contributed by atoms with Crippen LogP contribution < -0.4 is 20.7 Å². The maximum Gasteiger partial charge on any atom is 0.239 e. The van der Waals surface area contributed by atoms with E-state index in [4.69, 9.17) is 4.74 Å². The first-order valence-electron chi connectivity index (χ1n) is 9.98. The first-order valence-corrected chi connectivity index (χ1v) is 9.98. The maximum absolute atomic E-state index is 12.1. The van der Waals surface area contributed by atoms with Crippen LogP contribution in [0.2, 0.25) is 0 Å². The van der Waals surface area contributed by atoms with Crippen molar-refractivity contribution in [2.24, 2.45) is 5.92 Å². The molecule has 2 aromatic rings. The van der Waals surface area contributed by atoms with Crippen molar-refractivity contribution in [1.82, 2.24) is 5.32 Å². The summed E-state index contributed by atoms with van der Waals surface area (Å²) in [6.45, 7) is 8.62. The Labute approximate surface area is 173 Å². The van der Waals surface area contributed by atoms with E-state index in [1.54, 1.807) is 0 Å². The van der Waals surface area contributed by atoms with Gasteiger partial charge < -0.3 is 20.7 Å². The summed E-state index contributed by atoms with van der Waals surface area (Å²) in [5.41, 5.74) is 2.57. The minimum Gasteiger partial charge on any atom is -0.491 e. The van der Waals surface area contributed by atoms with Gasteiger partial charge in [-0.25, -0.2) is 0 Å². The van der Waals surface area contributed by atoms with Crippen LogP contribution in [0.4, 0.5) is 11.4 Å². The standard InChI is InChI=1S/C23H31N3O3/c1-16(2)13-22(27)26-20-9-7-19(8-10-20)24-15-23(28)25-14-18-5-11-21(12-6-18)29-17(3)4/h5-12,16-17,24H,13-15H2,1-4H3,(H,25,28)(H,26,27). The average Bonchev–Trinajstić information content (AvgIpc) is 2.66. The van der Waals surface area contributed by atoms with E-state index in [0.29, 0.717) is 18.9 Å². The number of benzene rings is 2. The number of hydrogen-bond acceptors (Lipinski definition) is 4. The Hall–Kier alpha value is -3.02. The normalized spacial score (nSPS) is 10.7. The molecule has 0 saturated carbocycles. The van der Waals surface area contributed by atoms with Crippen molar-refractivity contribution < 1.29 is 14.3 Å². The highest BCUT2D eigenvalue weighted by molar-refractivity contribution is 5.91. The summed E-state index contributed by atoms with van der Waals surface area (Å²) in [6.07, 6.45) is 0.630. The molecule has 6 heteroatoms. The molecular weight excluding hydrogens is 366 g/mol. The highest BCUT2D eigenvalue weighted by atomic mass is 16.5. The van der Waals surface area contributed by atoms with E-state index < -0.39 is 0 Å². The van der Waals surface area contributed by atoms with Crippen LogP contribution in [0, 0.1) is 5.92 Å². The zero-order chi connectivity index (χ0) is 21.2. The molecule has 0 aliphatic heterocycles. The molecule has 0 fully saturated rings. The Morgan fingerprint density at radius 1 is 0.862 bits per heavy atom. The van der Waals surface area contributed by atoms with Crippen molar-refractivity contribution in [2.45, 2.75) is 46.8 Å². The molecule has 0 aromatic heterocycles. The molecule has 0 bridgehead atoms. The molecule has 6 nitrogen and oxygen atoms in total. The number of rotatable bonds is 10. The number of hydrogen-bond donors (Lipinski definition) is 3. The third-order valence-electron chi connectivity index (χ3n) is 4.00. The molecule has 3 N–H and O–H groups in total. The van der Waals surface area contributed by atoms with Gasteiger partial charge in [-0.15, -0.1) is 0 Å². The van der Waals surface area contributed by atoms with Gasteiger partial charge in [0, 0.05) is 24.3 Å². The minimum absolute atomic E-state index is 0.00360. The summed E-state index contributed by atoms with van der Waals surface area (Å²) in [6, 6.07) is 15.0. The number of carbonyl (C=O) groups excluding carboxylic acids is 2. The summed E-state index contributed by atoms with van der Waals surface area (Å²) in [4.78, 5) is 23.9. The number of ether oxygens (including phenoxy) is 1. The average molecular weight is 398 g/mol. The second kappa shape index (κ2) is 11.1. The first-order chi connectivity index (χ1) is 13.8. The molecule has 156 valence electrons. The van der Waals surface area contributed by atoms with Gasteiger partial charge in [0.15, 0.2) is 0 Å². The Bertz CT molecular complexity index is 784. The van der Waals surface area contributed by atoms with Gasteiger partial charge in [0.2, 0.25) is 11.8 Å². The molecule has 0 aliphatic carbocycles. The van der Waals surface area contributed by atoms with Crippen LogP contribution in [0.25, 0.3) is 0 Å². The largest absolute Gasteiger partial charge is 0.491 e. The van der Waals surface area contributed by atoms with Crippen molar-refractivity contribution in [2.75, 3.05) is 17.2 Å². The van der Waals surface area contributed by atoms with E-state index in [-0.39, 0.29) is 24.5 Å². The molecule has 0 aliphatic rings. The quantitative estimate of drug-likeness (QED) is 0.562. The van der Waals surface area contributed by atoms with Crippen molar-refractivity contribution in [1.29, 1.82) is 0 Å². The third kappa shape index (κ3) is 8.68. The van der Waals surface area contributed by atoms with E-state index in [1.165, 1.54) is 0 Å². The maximum atomic E-state index is 12.1. The lowest BCUT2D eigenvalue weighted by molar-refractivity contribution is -0.119. The second-order valence-electron chi connectivity index (χ2n) is 7.66. The molecule has 2 aromatic carbocycles. The molecule has 0 saturated heterocycles. The minimum atomic E-state index is -0.0955. The smallest absolute Gasteiger partial charge is 0.239 e. The molecule has 0 heterocycles. The van der Waals surface area contributed by atoms with Crippen LogP contribution in [-0.4, -0.2) is 24.5 Å². The zero-order valence-electron chi connectivity index (χ0n) is 17.6. The summed E-state index contributed by atoms with van der Waals surface area (Å²) >= 11 is 0. The lowest BCUT2D eigenvalue weighted by atomic mass is 10.1. The van der Waals surface area contributed by atoms with E-state index >= 15 is 0 Å². The van der Waals surface area contributed by atoms with Crippen LogP contribution in [-0.2, 0) is 16.1 Å². The topological polar surface area (TPSA) is 79.5 Å². The monoisotopic (exact) mass is 397 g/mol. The molecular formula is C23H31N3O3. The van der Waals surface area contributed by atoms with Crippen LogP contribution in [0.3, 0.4) is 0 Å². The van der Waals surface area contributed by atoms with Gasteiger partial charge >= 0.3 is 0 Å². The fourth-order valence-corrected chi connectivity index (χ4v) is 2.66. The van der Waals surface area contributed by atoms with Crippen molar-refractivity contribution in [3.05, 3.63) is 54.1 Å². The van der Waals surface area contributed by atoms with Gasteiger partial charge in [0.1, 0.15) is 5.75 Å². The van der Waals surface area contributed by atoms with Crippen molar-refractivity contribution in [3.63, 3.8) is 0 Å². The van der Waals surface area contributed by atoms with Crippen LogP contribution in [0.1, 0.15) is 39.7 Å². The van der Waals surface area contributed by atoms with E-state index in [9.17, 15) is 9.59 Å². The predicted octanol–water partition coefficient (Wildman–Crippen LogP) is 4.19. The number of nitrogens with one attached hydrogen (secondary N) is 3. The lowest BCUT2D eigenvalue weighted by Crippen LogP contribution is -2.29. The molecule has 29 heavy (non-hydrogen) atoms. The van der Waals surface area contributed by atoms with E-state index in [2.05, 4.69) is 16.0 Å². The SMILES string of the molecule is CC(C)CC(=O)Nc1ccc(NCC(=O)NCc2ccc(OC(C)C)cc2)cc1. The fourth-order valence-electron chi connectivity index (χ4n) is 2.66. The summed E-state index contributed by atoms with van der Waals surface area (Å²) < 4.78 is 5.61. The predicted molar refractivity (Wildman–Crippen MR) is 117 cm³/mol. The second-order valence-corrected chi connectivity index (χ2v) is 7.66. The Balaban J connectivity index is 1.72. The number of carbonyl (C=O) groups is 2. The summed E-state index contributed by atoms with van der Waals surface area (Å²) in [5, 5.41) is 8.83. The fraction of sp³-hybridized carbons (Fsp3) is 0.391. The Morgan fingerprint density at radius 3 is 2.07 bits per heavy atom. The summed E-state index contributed by atoms with van der Waals surface area (Å²) in [7, 11) is 0. The van der Waals surface area contributed by atoms with Gasteiger partial charge in [-0.05, 0) is 61.7 Å². The van der Waals surface area contributed by atoms with Gasteiger partial charge in [0.05, 0.1) is 12.6 Å². The zero-order valence-corrected chi connectivity index (χ0v) is 17.6. The summed E-state index contributed by atoms with van der Waals surface area (Å²) in [5.74, 6) is 1.05. The molecule has 0 spiro atoms. The number of anilines is 2. The van der Waals surface area contributed by atoms with Gasteiger partial charge in [-0.3, -0.25) is 9.59 Å². The van der Waals surface area contributed by atoms with Gasteiger partial charge in [0.25, 0.3) is 0 Å². The van der Waals surface area contributed by atoms with Gasteiger partial charge in [-0.1, -0.05) is 26.0 Å². The number of amides is 2. The first kappa shape index (κ1) is 22.3.